The van der Waals surface area contributed by atoms with E-state index in [0.29, 0.717) is 11.3 Å². The lowest BCUT2D eigenvalue weighted by Gasteiger charge is -2.21. The number of carbonyl (C=O) groups is 2. The summed E-state index contributed by atoms with van der Waals surface area (Å²) in [4.78, 5) is 22.7. The fraction of sp³-hybridized carbons (Fsp3) is 0.167. The molecule has 154 valence electrons. The Kier molecular flexibility index (Phi) is 7.26. The van der Waals surface area contributed by atoms with Gasteiger partial charge in [0.1, 0.15) is 18.1 Å². The molecule has 0 saturated carbocycles. The second-order valence-electron chi connectivity index (χ2n) is 5.86. The van der Waals surface area contributed by atoms with Crippen LogP contribution >= 0.6 is 0 Å². The number of ether oxygens (including phenoxy) is 1. The van der Waals surface area contributed by atoms with Gasteiger partial charge < -0.3 is 10.5 Å². The molecule has 0 radical (unpaired) electrons. The lowest BCUT2D eigenvalue weighted by atomic mass is 10.2. The molecule has 9 nitrogen and oxygen atoms in total. The topological polar surface area (TPSA) is 131 Å². The van der Waals surface area contributed by atoms with Crippen LogP contribution in [0.2, 0.25) is 0 Å². The smallest absolute Gasteiger partial charge is 0.260 e. The van der Waals surface area contributed by atoms with Crippen molar-refractivity contribution < 1.29 is 27.1 Å². The lowest BCUT2D eigenvalue weighted by Crippen LogP contribution is -2.39. The van der Waals surface area contributed by atoms with Gasteiger partial charge in [0.15, 0.2) is 6.61 Å². The van der Waals surface area contributed by atoms with Crippen molar-refractivity contribution in [2.45, 2.75) is 0 Å². The van der Waals surface area contributed by atoms with Gasteiger partial charge in [-0.2, -0.15) is 5.10 Å². The number of nitrogens with two attached hydrogens (primary N) is 1. The minimum Gasteiger partial charge on any atom is -0.484 e. The van der Waals surface area contributed by atoms with Gasteiger partial charge in [-0.05, 0) is 54.1 Å². The number of sulfonamides is 1. The molecule has 11 heteroatoms. The van der Waals surface area contributed by atoms with E-state index < -0.39 is 34.2 Å². The van der Waals surface area contributed by atoms with Crippen LogP contribution in [0.25, 0.3) is 0 Å². The fourth-order valence-electron chi connectivity index (χ4n) is 2.16. The SMILES string of the molecule is CS(=O)(=O)N(CC(=O)N/N=C\c1ccc(OCC(N)=O)cc1)c1ccc(F)cc1. The first-order chi connectivity index (χ1) is 13.6. The van der Waals surface area contributed by atoms with Crippen LogP contribution in [-0.4, -0.2) is 45.9 Å². The number of anilines is 1. The Labute approximate surface area is 167 Å². The number of rotatable bonds is 9. The van der Waals surface area contributed by atoms with Gasteiger partial charge in [-0.3, -0.25) is 13.9 Å². The van der Waals surface area contributed by atoms with Gasteiger partial charge in [0.25, 0.3) is 11.8 Å². The summed E-state index contributed by atoms with van der Waals surface area (Å²) >= 11 is 0. The number of nitrogens with zero attached hydrogens (tertiary/aromatic N) is 2. The third-order valence-corrected chi connectivity index (χ3v) is 4.61. The predicted molar refractivity (Wildman–Crippen MR) is 105 cm³/mol. The van der Waals surface area contributed by atoms with E-state index in [1.807, 2.05) is 0 Å². The number of hydrogen-bond acceptors (Lipinski definition) is 6. The van der Waals surface area contributed by atoms with Crippen molar-refractivity contribution in [2.75, 3.05) is 23.7 Å². The van der Waals surface area contributed by atoms with Gasteiger partial charge in [-0.1, -0.05) is 0 Å². The highest BCUT2D eigenvalue weighted by molar-refractivity contribution is 7.92. The van der Waals surface area contributed by atoms with Crippen molar-refractivity contribution >= 4 is 33.7 Å². The van der Waals surface area contributed by atoms with Gasteiger partial charge >= 0.3 is 0 Å². The van der Waals surface area contributed by atoms with Crippen LogP contribution in [0.5, 0.6) is 5.75 Å². The highest BCUT2D eigenvalue weighted by Gasteiger charge is 2.20. The number of primary amides is 1. The van der Waals surface area contributed by atoms with Crippen LogP contribution in [0, 0.1) is 5.82 Å². The summed E-state index contributed by atoms with van der Waals surface area (Å²) in [7, 11) is -3.77. The van der Waals surface area contributed by atoms with Crippen molar-refractivity contribution in [2.24, 2.45) is 10.8 Å². The summed E-state index contributed by atoms with van der Waals surface area (Å²) in [5.74, 6) is -1.37. The molecule has 0 unspecified atom stereocenters. The highest BCUT2D eigenvalue weighted by Crippen LogP contribution is 2.17. The maximum absolute atomic E-state index is 13.0. The average molecular weight is 422 g/mol. The minimum absolute atomic E-state index is 0.152. The van der Waals surface area contributed by atoms with Crippen molar-refractivity contribution in [3.8, 4) is 5.75 Å². The van der Waals surface area contributed by atoms with Crippen molar-refractivity contribution in [1.82, 2.24) is 5.43 Å². The summed E-state index contributed by atoms with van der Waals surface area (Å²) in [6.45, 7) is -0.768. The lowest BCUT2D eigenvalue weighted by molar-refractivity contribution is -0.120. The third-order valence-electron chi connectivity index (χ3n) is 3.47. The first-order valence-electron chi connectivity index (χ1n) is 8.21. The van der Waals surface area contributed by atoms with Crippen molar-refractivity contribution in [3.63, 3.8) is 0 Å². The van der Waals surface area contributed by atoms with Crippen LogP contribution in [0.1, 0.15) is 5.56 Å². The van der Waals surface area contributed by atoms with E-state index in [2.05, 4.69) is 10.5 Å². The molecule has 0 spiro atoms. The number of nitrogens with one attached hydrogen (secondary N) is 1. The Morgan fingerprint density at radius 2 is 1.79 bits per heavy atom. The third kappa shape index (κ3) is 7.22. The molecule has 2 aromatic carbocycles. The predicted octanol–water partition coefficient (Wildman–Crippen LogP) is 0.606. The Bertz CT molecular complexity index is 992. The maximum Gasteiger partial charge on any atom is 0.260 e. The molecular weight excluding hydrogens is 403 g/mol. The van der Waals surface area contributed by atoms with Crippen LogP contribution in [0.4, 0.5) is 10.1 Å². The molecule has 0 bridgehead atoms. The molecule has 2 aromatic rings. The number of benzene rings is 2. The second kappa shape index (κ2) is 9.64. The number of amides is 2. The van der Waals surface area contributed by atoms with E-state index in [4.69, 9.17) is 10.5 Å². The molecule has 2 rings (SSSR count). The zero-order valence-corrected chi connectivity index (χ0v) is 16.2. The first kappa shape index (κ1) is 21.8. The second-order valence-corrected chi connectivity index (χ2v) is 7.77. The average Bonchev–Trinajstić information content (AvgIpc) is 2.65. The summed E-state index contributed by atoms with van der Waals surface area (Å²) in [5.41, 5.74) is 7.99. The van der Waals surface area contributed by atoms with Crippen LogP contribution in [0.15, 0.2) is 53.6 Å². The first-order valence-corrected chi connectivity index (χ1v) is 10.1. The van der Waals surface area contributed by atoms with E-state index in [-0.39, 0.29) is 12.3 Å². The van der Waals surface area contributed by atoms with Crippen LogP contribution in [-0.2, 0) is 19.6 Å². The summed E-state index contributed by atoms with van der Waals surface area (Å²) in [5, 5.41) is 3.77. The number of hydrazone groups is 1. The number of halogens is 1. The molecule has 0 atom stereocenters. The zero-order chi connectivity index (χ0) is 21.4. The molecule has 0 fully saturated rings. The molecule has 0 heterocycles. The van der Waals surface area contributed by atoms with E-state index in [1.54, 1.807) is 24.3 Å². The molecule has 0 aliphatic rings. The van der Waals surface area contributed by atoms with E-state index >= 15 is 0 Å². The highest BCUT2D eigenvalue weighted by atomic mass is 32.2. The van der Waals surface area contributed by atoms with Crippen LogP contribution in [0.3, 0.4) is 0 Å². The van der Waals surface area contributed by atoms with E-state index in [9.17, 15) is 22.4 Å². The molecule has 0 saturated heterocycles. The quantitative estimate of drug-likeness (QED) is 0.451. The molecule has 29 heavy (non-hydrogen) atoms. The van der Waals surface area contributed by atoms with Crippen molar-refractivity contribution in [3.05, 3.63) is 59.9 Å². The normalized spacial score (nSPS) is 11.2. The molecular formula is C18H19FN4O5S. The molecule has 3 N–H and O–H groups in total. The summed E-state index contributed by atoms with van der Waals surface area (Å²) < 4.78 is 42.9. The Morgan fingerprint density at radius 3 is 2.34 bits per heavy atom. The Hall–Kier alpha value is -3.47. The van der Waals surface area contributed by atoms with Gasteiger partial charge in [0, 0.05) is 0 Å². The Morgan fingerprint density at radius 1 is 1.17 bits per heavy atom. The minimum atomic E-state index is -3.77. The van der Waals surface area contributed by atoms with E-state index in [0.717, 1.165) is 22.7 Å². The van der Waals surface area contributed by atoms with Gasteiger partial charge in [0.05, 0.1) is 18.2 Å². The summed E-state index contributed by atoms with van der Waals surface area (Å²) in [6.07, 6.45) is 2.28. The maximum atomic E-state index is 13.0. The standard InChI is InChI=1S/C18H19FN4O5S/c1-29(26,27)23(15-6-4-14(19)5-7-15)11-18(25)22-21-10-13-2-8-16(9-3-13)28-12-17(20)24/h2-10H,11-12H2,1H3,(H2,20,24)(H,22,25)/b21-10-. The molecule has 2 amide bonds. The zero-order valence-electron chi connectivity index (χ0n) is 15.4. The van der Waals surface area contributed by atoms with Crippen LogP contribution < -0.4 is 20.2 Å². The monoisotopic (exact) mass is 422 g/mol. The molecule has 0 aliphatic heterocycles. The van der Waals surface area contributed by atoms with Gasteiger partial charge in [-0.15, -0.1) is 0 Å². The largest absolute Gasteiger partial charge is 0.484 e. The molecule has 0 aromatic heterocycles. The number of hydrogen-bond donors (Lipinski definition) is 2. The van der Waals surface area contributed by atoms with Crippen molar-refractivity contribution in [1.29, 1.82) is 0 Å². The van der Waals surface area contributed by atoms with E-state index in [1.165, 1.54) is 18.3 Å². The fourth-order valence-corrected chi connectivity index (χ4v) is 3.01. The summed E-state index contributed by atoms with van der Waals surface area (Å²) in [6, 6.07) is 11.2. The Balaban J connectivity index is 1.96. The van der Waals surface area contributed by atoms with Gasteiger partial charge in [0.2, 0.25) is 10.0 Å². The van der Waals surface area contributed by atoms with Gasteiger partial charge in [-0.25, -0.2) is 18.2 Å². The number of carbonyl (C=O) groups excluding carboxylic acids is 2. The molecule has 0 aliphatic carbocycles.